The fourth-order valence-electron chi connectivity index (χ4n) is 2.40. The Morgan fingerprint density at radius 1 is 1.29 bits per heavy atom. The SMILES string of the molecule is CC1=C(Sc2ccncc2)C(=C(N)N)C(C)C(C(=O)N=S(=O)=O)=C1. The lowest BCUT2D eigenvalue weighted by molar-refractivity contribution is -0.114. The van der Waals surface area contributed by atoms with Gasteiger partial charge in [-0.05, 0) is 30.7 Å². The van der Waals surface area contributed by atoms with Gasteiger partial charge in [0.1, 0.15) is 0 Å². The third-order valence-corrected chi connectivity index (χ3v) is 5.03. The van der Waals surface area contributed by atoms with E-state index in [9.17, 15) is 13.2 Å². The predicted octanol–water partition coefficient (Wildman–Crippen LogP) is 1.74. The first-order valence-corrected chi connectivity index (χ1v) is 8.77. The van der Waals surface area contributed by atoms with E-state index in [4.69, 9.17) is 11.5 Å². The lowest BCUT2D eigenvalue weighted by Gasteiger charge is -2.26. The highest BCUT2D eigenvalue weighted by atomic mass is 32.2. The molecule has 1 aliphatic rings. The number of hydrogen-bond donors (Lipinski definition) is 2. The Bertz CT molecular complexity index is 888. The molecule has 4 N–H and O–H groups in total. The van der Waals surface area contributed by atoms with Gasteiger partial charge in [0.25, 0.3) is 5.91 Å². The topological polar surface area (TPSA) is 128 Å². The van der Waals surface area contributed by atoms with Crippen LogP contribution in [0.15, 0.2) is 67.3 Å². The summed E-state index contributed by atoms with van der Waals surface area (Å²) in [6.45, 7) is 3.54. The van der Waals surface area contributed by atoms with Gasteiger partial charge in [-0.3, -0.25) is 9.78 Å². The van der Waals surface area contributed by atoms with Gasteiger partial charge in [0.15, 0.2) is 0 Å². The second kappa shape index (κ2) is 7.45. The molecule has 7 nitrogen and oxygen atoms in total. The van der Waals surface area contributed by atoms with Crippen LogP contribution in [0, 0.1) is 5.92 Å². The summed E-state index contributed by atoms with van der Waals surface area (Å²) in [6.07, 6.45) is 4.97. The fraction of sp³-hybridized carbons (Fsp3) is 0.200. The van der Waals surface area contributed by atoms with Crippen LogP contribution in [0.1, 0.15) is 13.8 Å². The normalized spacial score (nSPS) is 17.3. The summed E-state index contributed by atoms with van der Waals surface area (Å²) in [6, 6.07) is 3.69. The average Bonchev–Trinajstić information content (AvgIpc) is 2.50. The number of pyridine rings is 1. The molecule has 24 heavy (non-hydrogen) atoms. The Balaban J connectivity index is 2.55. The second-order valence-corrected chi connectivity index (χ2v) is 6.80. The summed E-state index contributed by atoms with van der Waals surface area (Å²) in [5, 5.41) is 0. The van der Waals surface area contributed by atoms with Gasteiger partial charge < -0.3 is 11.5 Å². The van der Waals surface area contributed by atoms with Crippen LogP contribution in [0.4, 0.5) is 0 Å². The van der Waals surface area contributed by atoms with E-state index in [-0.39, 0.29) is 11.4 Å². The Hall–Kier alpha value is -2.39. The molecular weight excluding hydrogens is 348 g/mol. The van der Waals surface area contributed by atoms with E-state index in [0.717, 1.165) is 15.4 Å². The number of thioether (sulfide) groups is 1. The third-order valence-electron chi connectivity index (χ3n) is 3.46. The maximum atomic E-state index is 12.0. The van der Waals surface area contributed by atoms with Gasteiger partial charge >= 0.3 is 10.5 Å². The lowest BCUT2D eigenvalue weighted by atomic mass is 9.85. The second-order valence-electron chi connectivity index (χ2n) is 5.10. The van der Waals surface area contributed by atoms with Crippen molar-refractivity contribution in [2.24, 2.45) is 21.7 Å². The fourth-order valence-corrected chi connectivity index (χ4v) is 3.76. The van der Waals surface area contributed by atoms with Crippen molar-refractivity contribution in [2.75, 3.05) is 0 Å². The Kier molecular flexibility index (Phi) is 5.58. The summed E-state index contributed by atoms with van der Waals surface area (Å²) in [7, 11) is -2.81. The molecule has 1 aliphatic carbocycles. The molecule has 0 saturated heterocycles. The Morgan fingerprint density at radius 3 is 2.46 bits per heavy atom. The number of hydrogen-bond acceptors (Lipinski definition) is 7. The average molecular weight is 364 g/mol. The molecule has 0 aliphatic heterocycles. The highest BCUT2D eigenvalue weighted by Crippen LogP contribution is 2.43. The smallest absolute Gasteiger partial charge is 0.319 e. The summed E-state index contributed by atoms with van der Waals surface area (Å²) in [5.41, 5.74) is 13.3. The predicted molar refractivity (Wildman–Crippen MR) is 91.8 cm³/mol. The quantitative estimate of drug-likeness (QED) is 0.836. The summed E-state index contributed by atoms with van der Waals surface area (Å²) in [4.78, 5) is 17.8. The van der Waals surface area contributed by atoms with E-state index in [1.54, 1.807) is 32.3 Å². The van der Waals surface area contributed by atoms with Gasteiger partial charge in [0, 0.05) is 39.3 Å². The molecule has 1 heterocycles. The van der Waals surface area contributed by atoms with Crippen LogP contribution in [-0.2, 0) is 15.3 Å². The van der Waals surface area contributed by atoms with E-state index in [2.05, 4.69) is 9.35 Å². The van der Waals surface area contributed by atoms with E-state index in [1.807, 2.05) is 12.1 Å². The van der Waals surface area contributed by atoms with Gasteiger partial charge in [0.05, 0.1) is 5.82 Å². The summed E-state index contributed by atoms with van der Waals surface area (Å²) < 4.78 is 24.4. The van der Waals surface area contributed by atoms with Gasteiger partial charge in [0.2, 0.25) is 0 Å². The lowest BCUT2D eigenvalue weighted by Crippen LogP contribution is -2.23. The molecule has 1 atom stereocenters. The van der Waals surface area contributed by atoms with Crippen LogP contribution in [0.2, 0.25) is 0 Å². The third kappa shape index (κ3) is 3.92. The first kappa shape index (κ1) is 18.0. The maximum absolute atomic E-state index is 12.0. The van der Waals surface area contributed by atoms with Crippen LogP contribution in [0.3, 0.4) is 0 Å². The Morgan fingerprint density at radius 2 is 1.92 bits per heavy atom. The number of nitrogens with two attached hydrogens (primary N) is 2. The first-order chi connectivity index (χ1) is 11.3. The zero-order chi connectivity index (χ0) is 17.9. The molecule has 0 saturated carbocycles. The number of aromatic nitrogens is 1. The molecule has 0 bridgehead atoms. The number of carbonyl (C=O) groups is 1. The largest absolute Gasteiger partial charge is 0.385 e. The van der Waals surface area contributed by atoms with Crippen molar-refractivity contribution in [3.63, 3.8) is 0 Å². The number of nitrogens with zero attached hydrogens (tertiary/aromatic N) is 2. The molecule has 0 aromatic carbocycles. The van der Waals surface area contributed by atoms with Crippen molar-refractivity contribution in [1.82, 2.24) is 4.98 Å². The highest BCUT2D eigenvalue weighted by Gasteiger charge is 2.30. The minimum atomic E-state index is -2.81. The van der Waals surface area contributed by atoms with Crippen molar-refractivity contribution in [3.8, 4) is 0 Å². The molecule has 126 valence electrons. The van der Waals surface area contributed by atoms with Crippen LogP contribution >= 0.6 is 11.8 Å². The molecule has 1 aromatic heterocycles. The van der Waals surface area contributed by atoms with E-state index in [0.29, 0.717) is 5.57 Å². The number of rotatable bonds is 3. The number of allylic oxidation sites excluding steroid dienone is 3. The molecule has 1 unspecified atom stereocenters. The summed E-state index contributed by atoms with van der Waals surface area (Å²) in [5.74, 6) is -1.20. The van der Waals surface area contributed by atoms with Gasteiger partial charge in [-0.1, -0.05) is 23.0 Å². The van der Waals surface area contributed by atoms with Crippen molar-refractivity contribution >= 4 is 28.2 Å². The van der Waals surface area contributed by atoms with Crippen molar-refractivity contribution in [1.29, 1.82) is 0 Å². The monoisotopic (exact) mass is 364 g/mol. The van der Waals surface area contributed by atoms with E-state index >= 15 is 0 Å². The zero-order valence-electron chi connectivity index (χ0n) is 13.1. The van der Waals surface area contributed by atoms with Crippen molar-refractivity contribution < 1.29 is 13.2 Å². The molecule has 1 amide bonds. The molecule has 0 radical (unpaired) electrons. The van der Waals surface area contributed by atoms with Crippen LogP contribution in [0.5, 0.6) is 0 Å². The van der Waals surface area contributed by atoms with Gasteiger partial charge in [-0.25, -0.2) is 0 Å². The minimum absolute atomic E-state index is 0.0834. The van der Waals surface area contributed by atoms with Gasteiger partial charge in [-0.2, -0.15) is 8.42 Å². The van der Waals surface area contributed by atoms with Crippen LogP contribution < -0.4 is 11.5 Å². The standard InChI is InChI=1S/C15H16N4O3S2/c1-8-7-11(15(20)19-24(21)22)9(2)12(14(16)17)13(8)23-10-3-5-18-6-4-10/h3-7,9H,16-17H2,1-2H3. The zero-order valence-corrected chi connectivity index (χ0v) is 14.7. The van der Waals surface area contributed by atoms with Crippen LogP contribution in [0.25, 0.3) is 0 Å². The molecular formula is C15H16N4O3S2. The molecule has 9 heteroatoms. The Labute approximate surface area is 145 Å². The first-order valence-electron chi connectivity index (χ1n) is 6.92. The van der Waals surface area contributed by atoms with E-state index in [1.165, 1.54) is 11.8 Å². The van der Waals surface area contributed by atoms with Crippen LogP contribution in [-0.4, -0.2) is 19.3 Å². The molecule has 0 spiro atoms. The summed E-state index contributed by atoms with van der Waals surface area (Å²) >= 11 is 1.45. The molecule has 2 rings (SSSR count). The minimum Gasteiger partial charge on any atom is -0.385 e. The number of carbonyl (C=O) groups excluding carboxylic acids is 1. The van der Waals surface area contributed by atoms with Gasteiger partial charge in [-0.15, -0.1) is 0 Å². The molecule has 1 aromatic rings. The maximum Gasteiger partial charge on any atom is 0.319 e. The van der Waals surface area contributed by atoms with Crippen molar-refractivity contribution in [3.05, 3.63) is 58.0 Å². The van der Waals surface area contributed by atoms with Crippen molar-refractivity contribution in [2.45, 2.75) is 18.7 Å². The highest BCUT2D eigenvalue weighted by molar-refractivity contribution is 8.03. The van der Waals surface area contributed by atoms with E-state index < -0.39 is 22.3 Å². The number of amides is 1. The molecule has 0 fully saturated rings.